The predicted molar refractivity (Wildman–Crippen MR) is 118 cm³/mol. The van der Waals surface area contributed by atoms with Crippen molar-refractivity contribution in [1.82, 2.24) is 10.6 Å². The van der Waals surface area contributed by atoms with Crippen LogP contribution < -0.4 is 16.4 Å². The molecule has 2 rings (SSSR count). The second-order valence-electron chi connectivity index (χ2n) is 6.77. The number of hydrogen-bond acceptors (Lipinski definition) is 8. The minimum atomic E-state index is -1.22. The number of carbonyl (C=O) groups excluding carboxylic acids is 4. The van der Waals surface area contributed by atoms with Crippen LogP contribution in [0.15, 0.2) is 48.5 Å². The van der Waals surface area contributed by atoms with Crippen molar-refractivity contribution in [2.75, 3.05) is 20.3 Å². The Hall–Kier alpha value is -3.92. The van der Waals surface area contributed by atoms with Crippen molar-refractivity contribution in [2.45, 2.75) is 26.1 Å². The van der Waals surface area contributed by atoms with Gasteiger partial charge in [0.25, 0.3) is 0 Å². The lowest BCUT2D eigenvalue weighted by atomic mass is 9.97. The molecule has 0 bridgehead atoms. The van der Waals surface area contributed by atoms with Crippen molar-refractivity contribution < 1.29 is 33.4 Å². The number of ether oxygens (including phenoxy) is 3. The standard InChI is InChI=1S/C23H27N3O7/c1-3-32-19(27)13-25-23(30)26-20(22(29)31-2)18-10-9-16(11-17(18)12-24)21(28)33-14-15-7-5-4-6-8-15/h4-11,20H,3,12-14,24H2,1-2H3,(H2,25,26,30)/t20-/m1/s1. The molecule has 0 aromatic heterocycles. The zero-order chi connectivity index (χ0) is 24.2. The Labute approximate surface area is 191 Å². The van der Waals surface area contributed by atoms with Gasteiger partial charge >= 0.3 is 23.9 Å². The molecule has 10 heteroatoms. The van der Waals surface area contributed by atoms with Crippen LogP contribution in [-0.2, 0) is 37.0 Å². The fraction of sp³-hybridized carbons (Fsp3) is 0.304. The number of amides is 2. The topological polar surface area (TPSA) is 146 Å². The number of esters is 3. The summed E-state index contributed by atoms with van der Waals surface area (Å²) in [5.41, 5.74) is 7.69. The summed E-state index contributed by atoms with van der Waals surface area (Å²) >= 11 is 0. The first-order chi connectivity index (χ1) is 15.9. The zero-order valence-corrected chi connectivity index (χ0v) is 18.5. The second-order valence-corrected chi connectivity index (χ2v) is 6.77. The average molecular weight is 457 g/mol. The molecule has 0 heterocycles. The quantitative estimate of drug-likeness (QED) is 0.360. The van der Waals surface area contributed by atoms with Gasteiger partial charge in [0.1, 0.15) is 13.2 Å². The summed E-state index contributed by atoms with van der Waals surface area (Å²) in [6.07, 6.45) is 0. The molecular formula is C23H27N3O7. The highest BCUT2D eigenvalue weighted by atomic mass is 16.5. The van der Waals surface area contributed by atoms with Crippen LogP contribution in [0.3, 0.4) is 0 Å². The summed E-state index contributed by atoms with van der Waals surface area (Å²) in [5.74, 6) is -1.94. The number of carbonyl (C=O) groups is 4. The molecule has 0 fully saturated rings. The van der Waals surface area contributed by atoms with Gasteiger partial charge in [-0.25, -0.2) is 14.4 Å². The van der Waals surface area contributed by atoms with E-state index in [1.165, 1.54) is 25.3 Å². The van der Waals surface area contributed by atoms with E-state index < -0.39 is 30.0 Å². The minimum Gasteiger partial charge on any atom is -0.467 e. The monoisotopic (exact) mass is 457 g/mol. The maximum Gasteiger partial charge on any atom is 0.338 e. The SMILES string of the molecule is CCOC(=O)CNC(=O)N[C@@H](C(=O)OC)c1ccc(C(=O)OCc2ccccc2)cc1CN. The first-order valence-corrected chi connectivity index (χ1v) is 10.2. The Morgan fingerprint density at radius 2 is 1.76 bits per heavy atom. The second kappa shape index (κ2) is 12.8. The van der Waals surface area contributed by atoms with Crippen LogP contribution in [0.2, 0.25) is 0 Å². The Bertz CT molecular complexity index is 979. The van der Waals surface area contributed by atoms with Gasteiger partial charge in [-0.1, -0.05) is 36.4 Å². The van der Waals surface area contributed by atoms with E-state index in [9.17, 15) is 19.2 Å². The summed E-state index contributed by atoms with van der Waals surface area (Å²) < 4.78 is 14.9. The highest BCUT2D eigenvalue weighted by Crippen LogP contribution is 2.22. The highest BCUT2D eigenvalue weighted by Gasteiger charge is 2.27. The van der Waals surface area contributed by atoms with Crippen LogP contribution in [0.25, 0.3) is 0 Å². The average Bonchev–Trinajstić information content (AvgIpc) is 2.84. The zero-order valence-electron chi connectivity index (χ0n) is 18.5. The fourth-order valence-electron chi connectivity index (χ4n) is 2.93. The number of benzene rings is 2. The molecule has 0 aliphatic carbocycles. The van der Waals surface area contributed by atoms with Gasteiger partial charge in [0, 0.05) is 6.54 Å². The Morgan fingerprint density at radius 1 is 1.03 bits per heavy atom. The number of urea groups is 1. The molecule has 0 aliphatic rings. The van der Waals surface area contributed by atoms with E-state index in [1.807, 2.05) is 30.3 Å². The Balaban J connectivity index is 2.15. The van der Waals surface area contributed by atoms with Crippen LogP contribution >= 0.6 is 0 Å². The van der Waals surface area contributed by atoms with Crippen molar-refractivity contribution in [3.63, 3.8) is 0 Å². The first kappa shape index (κ1) is 25.3. The van der Waals surface area contributed by atoms with Crippen LogP contribution in [0, 0.1) is 0 Å². The van der Waals surface area contributed by atoms with Crippen molar-refractivity contribution >= 4 is 23.9 Å². The molecule has 0 saturated carbocycles. The summed E-state index contributed by atoms with van der Waals surface area (Å²) in [6, 6.07) is 11.7. The molecule has 2 amide bonds. The van der Waals surface area contributed by atoms with E-state index in [2.05, 4.69) is 10.6 Å². The van der Waals surface area contributed by atoms with Crippen LogP contribution in [0.5, 0.6) is 0 Å². The van der Waals surface area contributed by atoms with E-state index in [4.69, 9.17) is 19.9 Å². The maximum atomic E-state index is 12.5. The molecule has 2 aromatic carbocycles. The minimum absolute atomic E-state index is 0.0191. The Kier molecular flexibility index (Phi) is 9.84. The normalized spacial score (nSPS) is 11.1. The van der Waals surface area contributed by atoms with Gasteiger partial charge in [0.05, 0.1) is 19.3 Å². The number of nitrogens with one attached hydrogen (secondary N) is 2. The van der Waals surface area contributed by atoms with E-state index in [-0.39, 0.29) is 31.9 Å². The van der Waals surface area contributed by atoms with Gasteiger partial charge in [0.15, 0.2) is 6.04 Å². The van der Waals surface area contributed by atoms with Gasteiger partial charge in [-0.2, -0.15) is 0 Å². The lowest BCUT2D eigenvalue weighted by molar-refractivity contribution is -0.143. The van der Waals surface area contributed by atoms with Gasteiger partial charge in [-0.15, -0.1) is 0 Å². The van der Waals surface area contributed by atoms with E-state index in [0.29, 0.717) is 11.1 Å². The molecular weight excluding hydrogens is 430 g/mol. The van der Waals surface area contributed by atoms with E-state index in [1.54, 1.807) is 6.92 Å². The predicted octanol–water partition coefficient (Wildman–Crippen LogP) is 1.58. The Morgan fingerprint density at radius 3 is 2.39 bits per heavy atom. The summed E-state index contributed by atoms with van der Waals surface area (Å²) in [6.45, 7) is 1.53. The van der Waals surface area contributed by atoms with Crippen LogP contribution in [-0.4, -0.2) is 44.2 Å². The molecule has 0 spiro atoms. The number of nitrogens with two attached hydrogens (primary N) is 1. The van der Waals surface area contributed by atoms with Crippen LogP contribution in [0.4, 0.5) is 4.79 Å². The fourth-order valence-corrected chi connectivity index (χ4v) is 2.93. The number of methoxy groups -OCH3 is 1. The molecule has 176 valence electrons. The summed E-state index contributed by atoms with van der Waals surface area (Å²) in [5, 5.41) is 4.76. The third-order valence-electron chi connectivity index (χ3n) is 4.53. The smallest absolute Gasteiger partial charge is 0.338 e. The van der Waals surface area contributed by atoms with Crippen LogP contribution in [0.1, 0.15) is 40.0 Å². The third kappa shape index (κ3) is 7.62. The van der Waals surface area contributed by atoms with Crippen molar-refractivity contribution in [1.29, 1.82) is 0 Å². The van der Waals surface area contributed by atoms with Crippen molar-refractivity contribution in [3.05, 3.63) is 70.8 Å². The summed E-state index contributed by atoms with van der Waals surface area (Å²) in [4.78, 5) is 48.4. The maximum absolute atomic E-state index is 12.5. The number of hydrogen-bond donors (Lipinski definition) is 3. The van der Waals surface area contributed by atoms with Gasteiger partial charge in [0.2, 0.25) is 0 Å². The van der Waals surface area contributed by atoms with Gasteiger partial charge in [-0.3, -0.25) is 4.79 Å². The third-order valence-corrected chi connectivity index (χ3v) is 4.53. The molecule has 1 atom stereocenters. The molecule has 2 aromatic rings. The van der Waals surface area contributed by atoms with Crippen molar-refractivity contribution in [3.8, 4) is 0 Å². The lowest BCUT2D eigenvalue weighted by Crippen LogP contribution is -2.43. The molecule has 0 radical (unpaired) electrons. The highest BCUT2D eigenvalue weighted by molar-refractivity contribution is 5.91. The first-order valence-electron chi connectivity index (χ1n) is 10.2. The molecule has 0 aliphatic heterocycles. The molecule has 0 unspecified atom stereocenters. The molecule has 4 N–H and O–H groups in total. The summed E-state index contributed by atoms with van der Waals surface area (Å²) in [7, 11) is 1.17. The van der Waals surface area contributed by atoms with E-state index >= 15 is 0 Å². The van der Waals surface area contributed by atoms with Gasteiger partial charge in [-0.05, 0) is 35.7 Å². The van der Waals surface area contributed by atoms with E-state index in [0.717, 1.165) is 5.56 Å². The molecule has 10 nitrogen and oxygen atoms in total. The van der Waals surface area contributed by atoms with Gasteiger partial charge < -0.3 is 30.6 Å². The molecule has 33 heavy (non-hydrogen) atoms. The molecule has 0 saturated heterocycles. The lowest BCUT2D eigenvalue weighted by Gasteiger charge is -2.20. The number of rotatable bonds is 10. The largest absolute Gasteiger partial charge is 0.467 e. The van der Waals surface area contributed by atoms with Crippen molar-refractivity contribution in [2.24, 2.45) is 5.73 Å².